The van der Waals surface area contributed by atoms with Crippen LogP contribution < -0.4 is 10.0 Å². The summed E-state index contributed by atoms with van der Waals surface area (Å²) in [5.74, 6) is -0.292. The third-order valence-corrected chi connectivity index (χ3v) is 5.81. The molecule has 0 aromatic heterocycles. The van der Waals surface area contributed by atoms with Crippen molar-refractivity contribution >= 4 is 33.4 Å². The third-order valence-electron chi connectivity index (χ3n) is 4.41. The van der Waals surface area contributed by atoms with Gasteiger partial charge in [0.2, 0.25) is 5.91 Å². The number of sulfonamides is 1. The lowest BCUT2D eigenvalue weighted by Gasteiger charge is -2.10. The van der Waals surface area contributed by atoms with Gasteiger partial charge in [0.05, 0.1) is 4.90 Å². The first kappa shape index (κ1) is 21.3. The smallest absolute Gasteiger partial charge is 0.261 e. The van der Waals surface area contributed by atoms with Gasteiger partial charge in [-0.2, -0.15) is 0 Å². The molecule has 0 aliphatic rings. The Bertz CT molecular complexity index is 1160. The van der Waals surface area contributed by atoms with Gasteiger partial charge in [-0.05, 0) is 79.9 Å². The van der Waals surface area contributed by atoms with E-state index in [2.05, 4.69) is 10.0 Å². The molecule has 3 rings (SSSR count). The summed E-state index contributed by atoms with van der Waals surface area (Å²) in [6.07, 6.45) is 3.16. The normalized spacial score (nSPS) is 11.4. The van der Waals surface area contributed by atoms with E-state index in [-0.39, 0.29) is 10.8 Å². The van der Waals surface area contributed by atoms with E-state index < -0.39 is 10.0 Å². The van der Waals surface area contributed by atoms with Crippen molar-refractivity contribution < 1.29 is 13.2 Å². The van der Waals surface area contributed by atoms with Gasteiger partial charge in [-0.3, -0.25) is 9.52 Å². The second-order valence-corrected chi connectivity index (χ2v) is 8.92. The Hall–Kier alpha value is -3.38. The van der Waals surface area contributed by atoms with E-state index in [1.165, 1.54) is 18.2 Å². The van der Waals surface area contributed by atoms with Crippen molar-refractivity contribution in [1.29, 1.82) is 0 Å². The van der Waals surface area contributed by atoms with Gasteiger partial charge >= 0.3 is 0 Å². The fourth-order valence-corrected chi connectivity index (χ4v) is 4.04. The van der Waals surface area contributed by atoms with Crippen LogP contribution in [0.3, 0.4) is 0 Å². The average Bonchev–Trinajstić information content (AvgIpc) is 2.67. The summed E-state index contributed by atoms with van der Waals surface area (Å²) in [5.41, 5.74) is 5.06. The molecule has 0 saturated carbocycles. The summed E-state index contributed by atoms with van der Waals surface area (Å²) in [7, 11) is -3.72. The highest BCUT2D eigenvalue weighted by molar-refractivity contribution is 7.92. The quantitative estimate of drug-likeness (QED) is 0.547. The standard InChI is InChI=1S/C24H24N2O3S/c1-17-4-6-20(7-5-17)8-13-24(27)25-21-9-11-23(12-10-21)30(28,29)26-22-15-18(2)14-19(3)16-22/h4-16,26H,1-3H3,(H,25,27)/b13-8+. The molecule has 0 bridgehead atoms. The Morgan fingerprint density at radius 1 is 0.767 bits per heavy atom. The molecule has 0 radical (unpaired) electrons. The molecule has 0 fully saturated rings. The van der Waals surface area contributed by atoms with Gasteiger partial charge in [-0.15, -0.1) is 0 Å². The molecule has 3 aromatic rings. The van der Waals surface area contributed by atoms with Crippen LogP contribution in [0, 0.1) is 20.8 Å². The van der Waals surface area contributed by atoms with Gasteiger partial charge in [0.15, 0.2) is 0 Å². The van der Waals surface area contributed by atoms with E-state index in [9.17, 15) is 13.2 Å². The van der Waals surface area contributed by atoms with Crippen molar-refractivity contribution in [2.24, 2.45) is 0 Å². The van der Waals surface area contributed by atoms with Crippen LogP contribution in [0.5, 0.6) is 0 Å². The molecule has 0 aliphatic heterocycles. The first-order valence-corrected chi connectivity index (χ1v) is 11.0. The van der Waals surface area contributed by atoms with Crippen LogP contribution in [0.25, 0.3) is 6.08 Å². The lowest BCUT2D eigenvalue weighted by molar-refractivity contribution is -0.111. The molecule has 2 N–H and O–H groups in total. The first-order valence-electron chi connectivity index (χ1n) is 9.48. The van der Waals surface area contributed by atoms with E-state index in [0.29, 0.717) is 11.4 Å². The molecular weight excluding hydrogens is 396 g/mol. The van der Waals surface area contributed by atoms with E-state index in [0.717, 1.165) is 22.3 Å². The van der Waals surface area contributed by atoms with Gasteiger partial charge in [-0.1, -0.05) is 35.9 Å². The van der Waals surface area contributed by atoms with Gasteiger partial charge in [-0.25, -0.2) is 8.42 Å². The Balaban J connectivity index is 1.66. The number of hydrogen-bond acceptors (Lipinski definition) is 3. The molecule has 3 aromatic carbocycles. The van der Waals surface area contributed by atoms with Crippen LogP contribution >= 0.6 is 0 Å². The minimum Gasteiger partial charge on any atom is -0.323 e. The minimum absolute atomic E-state index is 0.120. The fourth-order valence-electron chi connectivity index (χ4n) is 3.00. The SMILES string of the molecule is Cc1ccc(/C=C/C(=O)Nc2ccc(S(=O)(=O)Nc3cc(C)cc(C)c3)cc2)cc1. The number of carbonyl (C=O) groups excluding carboxylic acids is 1. The number of rotatable bonds is 6. The second-order valence-electron chi connectivity index (χ2n) is 7.24. The van der Waals surface area contributed by atoms with Crippen LogP contribution in [-0.4, -0.2) is 14.3 Å². The van der Waals surface area contributed by atoms with Crippen molar-refractivity contribution in [3.63, 3.8) is 0 Å². The molecule has 6 heteroatoms. The third kappa shape index (κ3) is 5.81. The first-order chi connectivity index (χ1) is 14.2. The van der Waals surface area contributed by atoms with Crippen LogP contribution in [0.4, 0.5) is 11.4 Å². The number of amides is 1. The predicted octanol–water partition coefficient (Wildman–Crippen LogP) is 5.06. The van der Waals surface area contributed by atoms with Gasteiger partial charge < -0.3 is 5.32 Å². The van der Waals surface area contributed by atoms with Crippen LogP contribution in [0.15, 0.2) is 77.7 Å². The molecule has 0 unspecified atom stereocenters. The largest absolute Gasteiger partial charge is 0.323 e. The second kappa shape index (κ2) is 8.97. The molecular formula is C24H24N2O3S. The Kier molecular flexibility index (Phi) is 6.37. The number of anilines is 2. The molecule has 1 amide bonds. The minimum atomic E-state index is -3.72. The highest BCUT2D eigenvalue weighted by Crippen LogP contribution is 2.20. The summed E-state index contributed by atoms with van der Waals surface area (Å²) in [6, 6.07) is 19.4. The molecule has 154 valence electrons. The molecule has 5 nitrogen and oxygen atoms in total. The maximum Gasteiger partial charge on any atom is 0.261 e. The maximum atomic E-state index is 12.6. The molecule has 0 heterocycles. The topological polar surface area (TPSA) is 75.3 Å². The number of carbonyl (C=O) groups is 1. The van der Waals surface area contributed by atoms with E-state index >= 15 is 0 Å². The fraction of sp³-hybridized carbons (Fsp3) is 0.125. The maximum absolute atomic E-state index is 12.6. The Morgan fingerprint density at radius 2 is 1.37 bits per heavy atom. The molecule has 0 spiro atoms. The van der Waals surface area contributed by atoms with Crippen molar-refractivity contribution in [2.45, 2.75) is 25.7 Å². The summed E-state index contributed by atoms with van der Waals surface area (Å²) < 4.78 is 27.9. The van der Waals surface area contributed by atoms with E-state index in [4.69, 9.17) is 0 Å². The number of benzene rings is 3. The zero-order valence-corrected chi connectivity index (χ0v) is 18.0. The molecule has 0 atom stereocenters. The van der Waals surface area contributed by atoms with E-state index in [1.807, 2.05) is 51.1 Å². The van der Waals surface area contributed by atoms with E-state index in [1.54, 1.807) is 30.3 Å². The molecule has 0 saturated heterocycles. The van der Waals surface area contributed by atoms with Crippen LogP contribution in [-0.2, 0) is 14.8 Å². The predicted molar refractivity (Wildman–Crippen MR) is 122 cm³/mol. The summed E-state index contributed by atoms with van der Waals surface area (Å²) in [5, 5.41) is 2.73. The highest BCUT2D eigenvalue weighted by Gasteiger charge is 2.14. The number of aryl methyl sites for hydroxylation is 3. The lowest BCUT2D eigenvalue weighted by Crippen LogP contribution is -2.13. The summed E-state index contributed by atoms with van der Waals surface area (Å²) in [4.78, 5) is 12.2. The zero-order valence-electron chi connectivity index (χ0n) is 17.1. The number of hydrogen-bond donors (Lipinski definition) is 2. The molecule has 30 heavy (non-hydrogen) atoms. The average molecular weight is 421 g/mol. The van der Waals surface area contributed by atoms with Gasteiger partial charge in [0, 0.05) is 17.5 Å². The van der Waals surface area contributed by atoms with Crippen LogP contribution in [0.2, 0.25) is 0 Å². The van der Waals surface area contributed by atoms with Crippen molar-refractivity contribution in [1.82, 2.24) is 0 Å². The van der Waals surface area contributed by atoms with Gasteiger partial charge in [0.1, 0.15) is 0 Å². The zero-order chi connectivity index (χ0) is 21.7. The van der Waals surface area contributed by atoms with Crippen molar-refractivity contribution in [2.75, 3.05) is 10.0 Å². The monoisotopic (exact) mass is 420 g/mol. The Labute approximate surface area is 177 Å². The van der Waals surface area contributed by atoms with Gasteiger partial charge in [0.25, 0.3) is 10.0 Å². The highest BCUT2D eigenvalue weighted by atomic mass is 32.2. The van der Waals surface area contributed by atoms with Crippen LogP contribution in [0.1, 0.15) is 22.3 Å². The Morgan fingerprint density at radius 3 is 1.97 bits per heavy atom. The number of nitrogens with one attached hydrogen (secondary N) is 2. The van der Waals surface area contributed by atoms with Crippen molar-refractivity contribution in [3.8, 4) is 0 Å². The van der Waals surface area contributed by atoms with Crippen molar-refractivity contribution in [3.05, 3.63) is 95.1 Å². The lowest BCUT2D eigenvalue weighted by atomic mass is 10.1. The summed E-state index contributed by atoms with van der Waals surface area (Å²) >= 11 is 0. The molecule has 0 aliphatic carbocycles. The summed E-state index contributed by atoms with van der Waals surface area (Å²) in [6.45, 7) is 5.83.